The van der Waals surface area contributed by atoms with E-state index in [0.29, 0.717) is 23.6 Å². The van der Waals surface area contributed by atoms with Crippen LogP contribution in [0.3, 0.4) is 0 Å². The first-order valence-corrected chi connectivity index (χ1v) is 11.2. The highest BCUT2D eigenvalue weighted by Crippen LogP contribution is 2.27. The molecule has 1 fully saturated rings. The minimum Gasteiger partial charge on any atom is -0.492 e. The van der Waals surface area contributed by atoms with Gasteiger partial charge in [0.15, 0.2) is 0 Å². The molecule has 1 aliphatic rings. The van der Waals surface area contributed by atoms with Gasteiger partial charge in [-0.15, -0.1) is 11.3 Å². The number of likely N-dealkylation sites (tertiary alicyclic amines) is 1. The molecule has 2 aromatic heterocycles. The van der Waals surface area contributed by atoms with Crippen molar-refractivity contribution >= 4 is 28.9 Å². The van der Waals surface area contributed by atoms with Gasteiger partial charge in [-0.2, -0.15) is 0 Å². The number of thiophene rings is 1. The molecule has 0 unspecified atom stereocenters. The van der Waals surface area contributed by atoms with E-state index in [1.165, 1.54) is 10.4 Å². The Hall–Kier alpha value is -2.15. The van der Waals surface area contributed by atoms with Gasteiger partial charge in [0.05, 0.1) is 22.2 Å². The summed E-state index contributed by atoms with van der Waals surface area (Å²) < 4.78 is 5.61. The average Bonchev–Trinajstić information content (AvgIpc) is 3.27. The van der Waals surface area contributed by atoms with Gasteiger partial charge in [0.2, 0.25) is 5.95 Å². The highest BCUT2D eigenvalue weighted by Gasteiger charge is 2.20. The van der Waals surface area contributed by atoms with E-state index in [-0.39, 0.29) is 0 Å². The van der Waals surface area contributed by atoms with Crippen LogP contribution in [0, 0.1) is 0 Å². The monoisotopic (exact) mass is 428 g/mol. The molecule has 1 saturated heterocycles. The van der Waals surface area contributed by atoms with Gasteiger partial charge in [-0.25, -0.2) is 9.97 Å². The van der Waals surface area contributed by atoms with Crippen molar-refractivity contribution in [2.45, 2.75) is 32.4 Å². The van der Waals surface area contributed by atoms with E-state index >= 15 is 0 Å². The van der Waals surface area contributed by atoms with Gasteiger partial charge in [-0.05, 0) is 55.0 Å². The second-order valence-electron chi connectivity index (χ2n) is 7.14. The quantitative estimate of drug-likeness (QED) is 0.550. The second-order valence-corrected chi connectivity index (χ2v) is 8.49. The van der Waals surface area contributed by atoms with Gasteiger partial charge >= 0.3 is 0 Å². The third kappa shape index (κ3) is 5.26. The summed E-state index contributed by atoms with van der Waals surface area (Å²) in [5, 5.41) is 6.26. The lowest BCUT2D eigenvalue weighted by Crippen LogP contribution is -2.39. The maximum atomic E-state index is 6.20. The van der Waals surface area contributed by atoms with E-state index in [1.54, 1.807) is 11.3 Å². The molecule has 0 spiro atoms. The van der Waals surface area contributed by atoms with Gasteiger partial charge in [-0.1, -0.05) is 23.7 Å². The molecule has 29 heavy (non-hydrogen) atoms. The SMILES string of the molecule is CCOc1cc(CN2CCC(Nc3nccc(-c4cccs4)n3)CC2)ccc1Cl. The molecule has 0 bridgehead atoms. The van der Waals surface area contributed by atoms with Crippen LogP contribution >= 0.6 is 22.9 Å². The number of anilines is 1. The van der Waals surface area contributed by atoms with Crippen LogP contribution in [-0.4, -0.2) is 40.6 Å². The maximum absolute atomic E-state index is 6.20. The molecule has 7 heteroatoms. The maximum Gasteiger partial charge on any atom is 0.223 e. The van der Waals surface area contributed by atoms with Gasteiger partial charge in [0.1, 0.15) is 5.75 Å². The number of piperidine rings is 1. The van der Waals surface area contributed by atoms with E-state index < -0.39 is 0 Å². The lowest BCUT2D eigenvalue weighted by Gasteiger charge is -2.32. The molecule has 1 N–H and O–H groups in total. The first-order chi connectivity index (χ1) is 14.2. The predicted octanol–water partition coefficient (Wildman–Crippen LogP) is 5.33. The summed E-state index contributed by atoms with van der Waals surface area (Å²) in [4.78, 5) is 12.7. The van der Waals surface area contributed by atoms with Crippen LogP contribution in [0.25, 0.3) is 10.6 Å². The second kappa shape index (κ2) is 9.57. The number of ether oxygens (including phenoxy) is 1. The zero-order valence-electron chi connectivity index (χ0n) is 16.5. The molecule has 0 atom stereocenters. The summed E-state index contributed by atoms with van der Waals surface area (Å²) in [5.74, 6) is 1.49. The number of halogens is 1. The molecule has 0 amide bonds. The lowest BCUT2D eigenvalue weighted by molar-refractivity contribution is 0.210. The Balaban J connectivity index is 1.31. The molecule has 0 radical (unpaired) electrons. The van der Waals surface area contributed by atoms with E-state index in [9.17, 15) is 0 Å². The Kier molecular flexibility index (Phi) is 6.64. The van der Waals surface area contributed by atoms with E-state index in [2.05, 4.69) is 43.8 Å². The van der Waals surface area contributed by atoms with Crippen LogP contribution in [0.4, 0.5) is 5.95 Å². The Morgan fingerprint density at radius 3 is 2.86 bits per heavy atom. The Morgan fingerprint density at radius 1 is 1.24 bits per heavy atom. The molecule has 0 saturated carbocycles. The minimum atomic E-state index is 0.397. The van der Waals surface area contributed by atoms with Crippen LogP contribution < -0.4 is 10.1 Å². The molecule has 1 aliphatic heterocycles. The summed E-state index contributed by atoms with van der Waals surface area (Å²) in [6.45, 7) is 5.58. The topological polar surface area (TPSA) is 50.3 Å². The standard InChI is InChI=1S/C22H25ClN4OS/c1-2-28-20-14-16(5-6-18(20)23)15-27-11-8-17(9-12-27)25-22-24-10-7-19(26-22)21-4-3-13-29-21/h3-7,10,13-14,17H,2,8-9,11-12,15H2,1H3,(H,24,25,26). The van der Waals surface area contributed by atoms with E-state index in [0.717, 1.165) is 43.9 Å². The molecule has 3 heterocycles. The molecule has 1 aromatic carbocycles. The Morgan fingerprint density at radius 2 is 2.10 bits per heavy atom. The van der Waals surface area contributed by atoms with Crippen molar-refractivity contribution in [1.29, 1.82) is 0 Å². The highest BCUT2D eigenvalue weighted by molar-refractivity contribution is 7.13. The number of nitrogens with one attached hydrogen (secondary N) is 1. The predicted molar refractivity (Wildman–Crippen MR) is 120 cm³/mol. The van der Waals surface area contributed by atoms with Crippen LogP contribution in [0.5, 0.6) is 5.75 Å². The molecule has 4 rings (SSSR count). The number of aromatic nitrogens is 2. The zero-order valence-corrected chi connectivity index (χ0v) is 18.0. The normalized spacial score (nSPS) is 15.4. The van der Waals surface area contributed by atoms with Crippen molar-refractivity contribution in [3.05, 3.63) is 58.6 Å². The van der Waals surface area contributed by atoms with E-state index in [1.807, 2.05) is 31.3 Å². The zero-order chi connectivity index (χ0) is 20.1. The summed E-state index contributed by atoms with van der Waals surface area (Å²) in [6.07, 6.45) is 3.97. The van der Waals surface area contributed by atoms with Gasteiger partial charge < -0.3 is 10.1 Å². The van der Waals surface area contributed by atoms with Crippen molar-refractivity contribution in [1.82, 2.24) is 14.9 Å². The largest absolute Gasteiger partial charge is 0.492 e. The first-order valence-electron chi connectivity index (χ1n) is 9.98. The van der Waals surface area contributed by atoms with Crippen LogP contribution in [-0.2, 0) is 6.54 Å². The first kappa shape index (κ1) is 20.1. The third-order valence-electron chi connectivity index (χ3n) is 5.05. The molecular weight excluding hydrogens is 404 g/mol. The highest BCUT2D eigenvalue weighted by atomic mass is 35.5. The summed E-state index contributed by atoms with van der Waals surface area (Å²) in [7, 11) is 0. The fourth-order valence-corrected chi connectivity index (χ4v) is 4.45. The lowest BCUT2D eigenvalue weighted by atomic mass is 10.0. The summed E-state index contributed by atoms with van der Waals surface area (Å²) >= 11 is 7.89. The molecule has 5 nitrogen and oxygen atoms in total. The van der Waals surface area contributed by atoms with Gasteiger partial charge in [0.25, 0.3) is 0 Å². The molecule has 3 aromatic rings. The van der Waals surface area contributed by atoms with Crippen LogP contribution in [0.15, 0.2) is 48.0 Å². The molecule has 0 aliphatic carbocycles. The van der Waals surface area contributed by atoms with E-state index in [4.69, 9.17) is 16.3 Å². The number of nitrogens with zero attached hydrogens (tertiary/aromatic N) is 3. The number of hydrogen-bond acceptors (Lipinski definition) is 6. The third-order valence-corrected chi connectivity index (χ3v) is 6.26. The Bertz CT molecular complexity index is 926. The number of rotatable bonds is 7. The van der Waals surface area contributed by atoms with Crippen molar-refractivity contribution in [3.8, 4) is 16.3 Å². The van der Waals surface area contributed by atoms with Crippen molar-refractivity contribution in [2.24, 2.45) is 0 Å². The average molecular weight is 429 g/mol. The van der Waals surface area contributed by atoms with Crippen LogP contribution in [0.2, 0.25) is 5.02 Å². The van der Waals surface area contributed by atoms with Crippen LogP contribution in [0.1, 0.15) is 25.3 Å². The van der Waals surface area contributed by atoms with Crippen molar-refractivity contribution in [3.63, 3.8) is 0 Å². The Labute approximate surface area is 180 Å². The fraction of sp³-hybridized carbons (Fsp3) is 0.364. The minimum absolute atomic E-state index is 0.397. The molecular formula is C22H25ClN4OS. The van der Waals surface area contributed by atoms with Gasteiger partial charge in [-0.3, -0.25) is 4.90 Å². The molecule has 152 valence electrons. The summed E-state index contributed by atoms with van der Waals surface area (Å²) in [6, 6.07) is 12.6. The van der Waals surface area contributed by atoms with Crippen molar-refractivity contribution in [2.75, 3.05) is 25.0 Å². The number of benzene rings is 1. The summed E-state index contributed by atoms with van der Waals surface area (Å²) in [5.41, 5.74) is 2.21. The van der Waals surface area contributed by atoms with Crippen molar-refractivity contribution < 1.29 is 4.74 Å². The fourth-order valence-electron chi connectivity index (χ4n) is 3.58. The van der Waals surface area contributed by atoms with Gasteiger partial charge in [0, 0.05) is 31.9 Å². The smallest absolute Gasteiger partial charge is 0.223 e. The number of hydrogen-bond donors (Lipinski definition) is 1.